The van der Waals surface area contributed by atoms with Crippen molar-refractivity contribution in [2.45, 2.75) is 59.3 Å². The minimum absolute atomic E-state index is 0.132. The summed E-state index contributed by atoms with van der Waals surface area (Å²) >= 11 is 1.54. The number of hydrogen-bond donors (Lipinski definition) is 2. The average molecular weight is 453 g/mol. The van der Waals surface area contributed by atoms with Gasteiger partial charge >= 0.3 is 0 Å². The lowest BCUT2D eigenvalue weighted by Crippen LogP contribution is -2.08. The fourth-order valence-electron chi connectivity index (χ4n) is 3.31. The molecule has 0 fully saturated rings. The van der Waals surface area contributed by atoms with Crippen LogP contribution in [0.5, 0.6) is 5.75 Å². The fraction of sp³-hybridized carbons (Fsp3) is 0.400. The Morgan fingerprint density at radius 2 is 1.84 bits per heavy atom. The van der Waals surface area contributed by atoms with E-state index in [1.165, 1.54) is 50.4 Å². The number of carbonyl (C=O) groups is 1. The lowest BCUT2D eigenvalue weighted by atomic mass is 10.1. The van der Waals surface area contributed by atoms with E-state index >= 15 is 0 Å². The first-order valence-electron chi connectivity index (χ1n) is 11.2. The molecule has 0 aliphatic carbocycles. The van der Waals surface area contributed by atoms with Crippen LogP contribution in [0.2, 0.25) is 0 Å². The number of nitrogens with one attached hydrogen (secondary N) is 2. The first-order valence-corrected chi connectivity index (χ1v) is 12.1. The Morgan fingerprint density at radius 1 is 1.09 bits per heavy atom. The number of thiazole rings is 1. The number of aromatic nitrogens is 2. The van der Waals surface area contributed by atoms with E-state index in [1.807, 2.05) is 42.6 Å². The van der Waals surface area contributed by atoms with Gasteiger partial charge in [0.2, 0.25) is 5.91 Å². The molecule has 0 radical (unpaired) electrons. The number of aryl methyl sites for hydroxylation is 1. The van der Waals surface area contributed by atoms with Gasteiger partial charge in [0.05, 0.1) is 12.3 Å². The molecule has 0 spiro atoms. The van der Waals surface area contributed by atoms with E-state index in [1.54, 1.807) is 6.20 Å². The second-order valence-electron chi connectivity index (χ2n) is 7.87. The van der Waals surface area contributed by atoms with Crippen LogP contribution in [-0.4, -0.2) is 22.5 Å². The highest BCUT2D eigenvalue weighted by Crippen LogP contribution is 2.29. The maximum atomic E-state index is 11.3. The van der Waals surface area contributed by atoms with E-state index in [-0.39, 0.29) is 5.91 Å². The highest BCUT2D eigenvalue weighted by Gasteiger charge is 2.09. The molecular formula is C25H32N4O2S. The van der Waals surface area contributed by atoms with Crippen LogP contribution in [0.4, 0.5) is 16.6 Å². The molecule has 2 N–H and O–H groups in total. The maximum absolute atomic E-state index is 11.3. The molecule has 170 valence electrons. The van der Waals surface area contributed by atoms with E-state index in [4.69, 9.17) is 4.74 Å². The third-order valence-corrected chi connectivity index (χ3v) is 5.80. The molecular weight excluding hydrogens is 420 g/mol. The van der Waals surface area contributed by atoms with Crippen LogP contribution in [0, 0.1) is 6.92 Å². The Hall–Kier alpha value is -2.93. The Bertz CT molecular complexity index is 1000. The molecule has 0 atom stereocenters. The van der Waals surface area contributed by atoms with Gasteiger partial charge in [-0.15, -0.1) is 11.3 Å². The highest BCUT2D eigenvalue weighted by atomic mass is 32.1. The van der Waals surface area contributed by atoms with E-state index in [0.29, 0.717) is 5.82 Å². The topological polar surface area (TPSA) is 76.1 Å². The van der Waals surface area contributed by atoms with E-state index in [0.717, 1.165) is 46.4 Å². The summed E-state index contributed by atoms with van der Waals surface area (Å²) in [5.41, 5.74) is 3.63. The quantitative estimate of drug-likeness (QED) is 0.291. The van der Waals surface area contributed by atoms with Crippen molar-refractivity contribution in [3.8, 4) is 17.0 Å². The molecule has 1 amide bonds. The predicted molar refractivity (Wildman–Crippen MR) is 133 cm³/mol. The predicted octanol–water partition coefficient (Wildman–Crippen LogP) is 6.95. The average Bonchev–Trinajstić information content (AvgIpc) is 3.24. The van der Waals surface area contributed by atoms with Gasteiger partial charge in [0, 0.05) is 29.8 Å². The second-order valence-corrected chi connectivity index (χ2v) is 8.73. The van der Waals surface area contributed by atoms with Crippen LogP contribution in [0.3, 0.4) is 0 Å². The van der Waals surface area contributed by atoms with Crippen molar-refractivity contribution >= 4 is 33.9 Å². The molecule has 2 heterocycles. The normalized spacial score (nSPS) is 10.7. The Kier molecular flexibility index (Phi) is 9.04. The van der Waals surface area contributed by atoms with Gasteiger partial charge in [0.25, 0.3) is 0 Å². The molecule has 3 aromatic rings. The maximum Gasteiger partial charge on any atom is 0.222 e. The van der Waals surface area contributed by atoms with Gasteiger partial charge < -0.3 is 15.4 Å². The van der Waals surface area contributed by atoms with Crippen molar-refractivity contribution in [3.63, 3.8) is 0 Å². The third-order valence-electron chi connectivity index (χ3n) is 5.04. The fourth-order valence-corrected chi connectivity index (χ4v) is 4.05. The molecule has 0 bridgehead atoms. The van der Waals surface area contributed by atoms with Gasteiger partial charge in [-0.1, -0.05) is 39.0 Å². The first-order chi connectivity index (χ1) is 15.5. The zero-order valence-electron chi connectivity index (χ0n) is 19.1. The summed E-state index contributed by atoms with van der Waals surface area (Å²) in [6, 6.07) is 9.97. The summed E-state index contributed by atoms with van der Waals surface area (Å²) in [4.78, 5) is 20.3. The summed E-state index contributed by atoms with van der Waals surface area (Å²) < 4.78 is 5.85. The van der Waals surface area contributed by atoms with E-state index < -0.39 is 0 Å². The SMILES string of the molecule is CCCCCCCCOc1ccc(Nc2nc(-c3cnc(NC(C)=O)c(C)c3)cs2)cc1. The molecule has 32 heavy (non-hydrogen) atoms. The lowest BCUT2D eigenvalue weighted by Gasteiger charge is -2.08. The number of hydrogen-bond acceptors (Lipinski definition) is 6. The number of carbonyl (C=O) groups excluding carboxylic acids is 1. The monoisotopic (exact) mass is 452 g/mol. The minimum Gasteiger partial charge on any atom is -0.494 e. The largest absolute Gasteiger partial charge is 0.494 e. The van der Waals surface area contributed by atoms with Crippen molar-refractivity contribution in [3.05, 3.63) is 47.5 Å². The van der Waals surface area contributed by atoms with Gasteiger partial charge in [0.1, 0.15) is 11.6 Å². The summed E-state index contributed by atoms with van der Waals surface area (Å²) in [6.45, 7) is 6.40. The first kappa shape index (κ1) is 23.7. The molecule has 0 unspecified atom stereocenters. The summed E-state index contributed by atoms with van der Waals surface area (Å²) in [5, 5.41) is 8.88. The number of ether oxygens (including phenoxy) is 1. The Morgan fingerprint density at radius 3 is 2.56 bits per heavy atom. The number of anilines is 3. The number of rotatable bonds is 12. The molecule has 0 saturated carbocycles. The second kappa shape index (κ2) is 12.2. The number of amides is 1. The van der Waals surface area contributed by atoms with Crippen LogP contribution in [-0.2, 0) is 4.79 Å². The van der Waals surface area contributed by atoms with Crippen LogP contribution in [0.25, 0.3) is 11.3 Å². The number of pyridine rings is 1. The highest BCUT2D eigenvalue weighted by molar-refractivity contribution is 7.14. The smallest absolute Gasteiger partial charge is 0.222 e. The van der Waals surface area contributed by atoms with Gasteiger partial charge in [-0.2, -0.15) is 0 Å². The number of unbranched alkanes of at least 4 members (excludes halogenated alkanes) is 5. The van der Waals surface area contributed by atoms with Crippen LogP contribution in [0.15, 0.2) is 41.9 Å². The standard InChI is InChI=1S/C25H32N4O2S/c1-4-5-6-7-8-9-14-31-22-12-10-21(11-13-22)28-25-29-23(17-32-25)20-15-18(2)24(26-16-20)27-19(3)30/h10-13,15-17H,4-9,14H2,1-3H3,(H,28,29)(H,26,27,30). The third kappa shape index (κ3) is 7.34. The molecule has 2 aromatic heterocycles. The number of nitrogens with zero attached hydrogens (tertiary/aromatic N) is 2. The molecule has 0 saturated heterocycles. The van der Waals surface area contributed by atoms with Crippen molar-refractivity contribution in [1.82, 2.24) is 9.97 Å². The van der Waals surface area contributed by atoms with Gasteiger partial charge in [-0.25, -0.2) is 9.97 Å². The van der Waals surface area contributed by atoms with E-state index in [2.05, 4.69) is 27.5 Å². The molecule has 3 rings (SSSR count). The van der Waals surface area contributed by atoms with Crippen LogP contribution in [0.1, 0.15) is 57.9 Å². The van der Waals surface area contributed by atoms with Gasteiger partial charge in [-0.3, -0.25) is 4.79 Å². The van der Waals surface area contributed by atoms with Crippen molar-refractivity contribution < 1.29 is 9.53 Å². The minimum atomic E-state index is -0.132. The molecule has 7 heteroatoms. The zero-order valence-corrected chi connectivity index (χ0v) is 19.9. The van der Waals surface area contributed by atoms with Gasteiger partial charge in [-0.05, 0) is 49.2 Å². The van der Waals surface area contributed by atoms with Crippen LogP contribution >= 0.6 is 11.3 Å². The molecule has 1 aromatic carbocycles. The van der Waals surface area contributed by atoms with Crippen molar-refractivity contribution in [1.29, 1.82) is 0 Å². The Labute approximate surface area is 194 Å². The van der Waals surface area contributed by atoms with E-state index in [9.17, 15) is 4.79 Å². The molecule has 0 aliphatic rings. The Balaban J connectivity index is 1.50. The summed E-state index contributed by atoms with van der Waals surface area (Å²) in [5.74, 6) is 1.34. The van der Waals surface area contributed by atoms with Gasteiger partial charge in [0.15, 0.2) is 5.13 Å². The zero-order chi connectivity index (χ0) is 22.8. The van der Waals surface area contributed by atoms with Crippen molar-refractivity contribution in [2.75, 3.05) is 17.2 Å². The molecule has 0 aliphatic heterocycles. The summed E-state index contributed by atoms with van der Waals surface area (Å²) in [7, 11) is 0. The van der Waals surface area contributed by atoms with Crippen LogP contribution < -0.4 is 15.4 Å². The van der Waals surface area contributed by atoms with Crippen molar-refractivity contribution in [2.24, 2.45) is 0 Å². The summed E-state index contributed by atoms with van der Waals surface area (Å²) in [6.07, 6.45) is 9.30. The lowest BCUT2D eigenvalue weighted by molar-refractivity contribution is -0.114. The molecule has 6 nitrogen and oxygen atoms in total. The number of benzene rings is 1.